The molecule has 0 fully saturated rings. The van der Waals surface area contributed by atoms with Gasteiger partial charge in [0.2, 0.25) is 0 Å². The number of esters is 2. The Hall–Kier alpha value is -2.50. The number of rotatable bonds is 9. The summed E-state index contributed by atoms with van der Waals surface area (Å²) < 4.78 is 15.4. The van der Waals surface area contributed by atoms with E-state index in [1.165, 1.54) is 6.08 Å². The van der Waals surface area contributed by atoms with Crippen molar-refractivity contribution in [1.29, 1.82) is 0 Å². The van der Waals surface area contributed by atoms with Gasteiger partial charge in [-0.1, -0.05) is 0 Å². The number of carbonyl (C=O) groups excluding carboxylic acids is 2. The molecule has 1 N–H and O–H groups in total. The van der Waals surface area contributed by atoms with Crippen LogP contribution in [-0.4, -0.2) is 31.3 Å². The highest BCUT2D eigenvalue weighted by molar-refractivity contribution is 5.85. The quantitative estimate of drug-likeness (QED) is 0.551. The fourth-order valence-electron chi connectivity index (χ4n) is 1.90. The van der Waals surface area contributed by atoms with Gasteiger partial charge >= 0.3 is 11.9 Å². The fourth-order valence-corrected chi connectivity index (χ4v) is 1.90. The normalized spacial score (nSPS) is 11.1. The van der Waals surface area contributed by atoms with Crippen LogP contribution in [0.5, 0.6) is 5.75 Å². The fraction of sp³-hybridized carbons (Fsp3) is 0.444. The molecule has 0 aromatic heterocycles. The number of anilines is 1. The Labute approximate surface area is 142 Å². The molecule has 0 heterocycles. The van der Waals surface area contributed by atoms with E-state index in [0.29, 0.717) is 5.70 Å². The Morgan fingerprint density at radius 1 is 1.08 bits per heavy atom. The van der Waals surface area contributed by atoms with Crippen LogP contribution in [0.15, 0.2) is 36.0 Å². The van der Waals surface area contributed by atoms with E-state index in [4.69, 9.17) is 14.2 Å². The molecule has 0 spiro atoms. The molecule has 0 aliphatic rings. The Morgan fingerprint density at radius 2 is 1.71 bits per heavy atom. The van der Waals surface area contributed by atoms with Crippen molar-refractivity contribution in [3.05, 3.63) is 36.0 Å². The molecule has 0 atom stereocenters. The van der Waals surface area contributed by atoms with E-state index in [0.717, 1.165) is 11.4 Å². The van der Waals surface area contributed by atoms with Crippen LogP contribution in [-0.2, 0) is 19.1 Å². The van der Waals surface area contributed by atoms with Gasteiger partial charge in [-0.05, 0) is 52.0 Å². The van der Waals surface area contributed by atoms with Crippen LogP contribution in [0.4, 0.5) is 5.69 Å². The van der Waals surface area contributed by atoms with Gasteiger partial charge in [-0.3, -0.25) is 4.79 Å². The summed E-state index contributed by atoms with van der Waals surface area (Å²) in [5.74, 6) is -0.179. The minimum atomic E-state index is -0.510. The minimum absolute atomic E-state index is 0.0447. The summed E-state index contributed by atoms with van der Waals surface area (Å²) in [5.41, 5.74) is 1.13. The van der Waals surface area contributed by atoms with Crippen LogP contribution in [0.1, 0.15) is 34.1 Å². The van der Waals surface area contributed by atoms with Crippen LogP contribution in [0.2, 0.25) is 0 Å². The van der Waals surface area contributed by atoms with E-state index in [-0.39, 0.29) is 25.7 Å². The Kier molecular flexibility index (Phi) is 8.39. The molecule has 0 saturated heterocycles. The first-order valence-corrected chi connectivity index (χ1v) is 8.01. The van der Waals surface area contributed by atoms with Gasteiger partial charge in [-0.25, -0.2) is 4.79 Å². The number of nitrogens with one attached hydrogen (secondary N) is 1. The third-order valence-corrected chi connectivity index (χ3v) is 2.75. The van der Waals surface area contributed by atoms with Crippen LogP contribution in [0, 0.1) is 0 Å². The average molecular weight is 335 g/mol. The lowest BCUT2D eigenvalue weighted by atomic mass is 10.2. The van der Waals surface area contributed by atoms with E-state index in [1.54, 1.807) is 13.8 Å². The minimum Gasteiger partial charge on any atom is -0.491 e. The molecule has 6 nitrogen and oxygen atoms in total. The van der Waals surface area contributed by atoms with Gasteiger partial charge < -0.3 is 19.5 Å². The summed E-state index contributed by atoms with van der Waals surface area (Å²) >= 11 is 0. The topological polar surface area (TPSA) is 73.9 Å². The molecule has 0 radical (unpaired) electrons. The summed E-state index contributed by atoms with van der Waals surface area (Å²) in [7, 11) is 0. The van der Waals surface area contributed by atoms with Crippen molar-refractivity contribution >= 4 is 17.6 Å². The molecule has 0 saturated carbocycles. The molecule has 132 valence electrons. The molecule has 0 unspecified atom stereocenters. The summed E-state index contributed by atoms with van der Waals surface area (Å²) in [6.07, 6.45) is 1.31. The maximum absolute atomic E-state index is 11.7. The van der Waals surface area contributed by atoms with E-state index in [2.05, 4.69) is 5.32 Å². The zero-order chi connectivity index (χ0) is 17.9. The Balaban J connectivity index is 2.83. The predicted octanol–water partition coefficient (Wildman–Crippen LogP) is 3.29. The zero-order valence-electron chi connectivity index (χ0n) is 14.6. The third kappa shape index (κ3) is 7.67. The lowest BCUT2D eigenvalue weighted by Gasteiger charge is -2.13. The van der Waals surface area contributed by atoms with Crippen LogP contribution < -0.4 is 10.1 Å². The van der Waals surface area contributed by atoms with Crippen molar-refractivity contribution < 1.29 is 23.8 Å². The van der Waals surface area contributed by atoms with E-state index in [9.17, 15) is 9.59 Å². The molecule has 0 amide bonds. The van der Waals surface area contributed by atoms with Crippen molar-refractivity contribution in [3.63, 3.8) is 0 Å². The monoisotopic (exact) mass is 335 g/mol. The SMILES string of the molecule is CCOC(=O)/C=C(\CC(=O)OCC)Nc1ccc(OC(C)C)cc1. The zero-order valence-corrected chi connectivity index (χ0v) is 14.6. The first-order valence-electron chi connectivity index (χ1n) is 8.01. The number of ether oxygens (including phenoxy) is 3. The number of hydrogen-bond donors (Lipinski definition) is 1. The van der Waals surface area contributed by atoms with Crippen molar-refractivity contribution in [3.8, 4) is 5.75 Å². The van der Waals surface area contributed by atoms with Gasteiger partial charge in [-0.15, -0.1) is 0 Å². The van der Waals surface area contributed by atoms with Gasteiger partial charge in [0.25, 0.3) is 0 Å². The maximum Gasteiger partial charge on any atom is 0.332 e. The molecule has 1 aromatic carbocycles. The standard InChI is InChI=1S/C18H25NO5/c1-5-22-17(20)11-15(12-18(21)23-6-2)19-14-7-9-16(10-8-14)24-13(3)4/h7-11,13,19H,5-6,12H2,1-4H3/b15-11+. The van der Waals surface area contributed by atoms with Crippen molar-refractivity contribution in [2.45, 2.75) is 40.2 Å². The highest BCUT2D eigenvalue weighted by atomic mass is 16.5. The molecule has 0 bridgehead atoms. The predicted molar refractivity (Wildman–Crippen MR) is 91.8 cm³/mol. The smallest absolute Gasteiger partial charge is 0.332 e. The summed E-state index contributed by atoms with van der Waals surface area (Å²) in [5, 5.41) is 3.04. The molecule has 0 aliphatic carbocycles. The molecule has 0 aliphatic heterocycles. The second-order valence-corrected chi connectivity index (χ2v) is 5.22. The Morgan fingerprint density at radius 3 is 2.25 bits per heavy atom. The average Bonchev–Trinajstić information content (AvgIpc) is 2.49. The van der Waals surface area contributed by atoms with Crippen LogP contribution in [0.3, 0.4) is 0 Å². The summed E-state index contributed by atoms with van der Waals surface area (Å²) in [6, 6.07) is 7.24. The van der Waals surface area contributed by atoms with Gasteiger partial charge in [0.1, 0.15) is 5.75 Å². The van der Waals surface area contributed by atoms with Gasteiger partial charge in [-0.2, -0.15) is 0 Å². The highest BCUT2D eigenvalue weighted by Gasteiger charge is 2.10. The van der Waals surface area contributed by atoms with E-state index >= 15 is 0 Å². The van der Waals surface area contributed by atoms with Crippen molar-refractivity contribution in [1.82, 2.24) is 0 Å². The van der Waals surface area contributed by atoms with Gasteiger partial charge in [0.05, 0.1) is 25.7 Å². The first-order chi connectivity index (χ1) is 11.4. The second-order valence-electron chi connectivity index (χ2n) is 5.22. The molecule has 24 heavy (non-hydrogen) atoms. The molecule has 1 aromatic rings. The number of benzene rings is 1. The maximum atomic E-state index is 11.7. The molecule has 1 rings (SSSR count). The number of hydrogen-bond acceptors (Lipinski definition) is 6. The van der Waals surface area contributed by atoms with E-state index in [1.807, 2.05) is 38.1 Å². The van der Waals surface area contributed by atoms with Crippen LogP contribution >= 0.6 is 0 Å². The lowest BCUT2D eigenvalue weighted by Crippen LogP contribution is -2.12. The second kappa shape index (κ2) is 10.3. The summed E-state index contributed by atoms with van der Waals surface area (Å²) in [6.45, 7) is 7.90. The highest BCUT2D eigenvalue weighted by Crippen LogP contribution is 2.19. The number of carbonyl (C=O) groups is 2. The largest absolute Gasteiger partial charge is 0.491 e. The summed E-state index contributed by atoms with van der Waals surface area (Å²) in [4.78, 5) is 23.3. The molecule has 6 heteroatoms. The third-order valence-electron chi connectivity index (χ3n) is 2.75. The molecular formula is C18H25NO5. The van der Waals surface area contributed by atoms with Gasteiger partial charge in [0, 0.05) is 17.5 Å². The van der Waals surface area contributed by atoms with Crippen molar-refractivity contribution in [2.24, 2.45) is 0 Å². The van der Waals surface area contributed by atoms with Gasteiger partial charge in [0.15, 0.2) is 0 Å². The van der Waals surface area contributed by atoms with Crippen LogP contribution in [0.25, 0.3) is 0 Å². The van der Waals surface area contributed by atoms with E-state index < -0.39 is 11.9 Å². The first kappa shape index (κ1) is 19.5. The Bertz CT molecular complexity index is 563. The van der Waals surface area contributed by atoms with Crippen molar-refractivity contribution in [2.75, 3.05) is 18.5 Å². The molecular weight excluding hydrogens is 310 g/mol. The lowest BCUT2D eigenvalue weighted by molar-refractivity contribution is -0.142.